The number of nitrogens with zero attached hydrogens (tertiary/aromatic N) is 3. The van der Waals surface area contributed by atoms with Gasteiger partial charge in [-0.05, 0) is 38.2 Å². The zero-order valence-electron chi connectivity index (χ0n) is 15.2. The Morgan fingerprint density at radius 2 is 2.00 bits per heavy atom. The van der Waals surface area contributed by atoms with Crippen molar-refractivity contribution in [1.82, 2.24) is 20.5 Å². The summed E-state index contributed by atoms with van der Waals surface area (Å²) < 4.78 is 13.1. The van der Waals surface area contributed by atoms with E-state index in [4.69, 9.17) is 0 Å². The molecule has 1 aromatic heterocycles. The molecule has 5 nitrogen and oxygen atoms in total. The summed E-state index contributed by atoms with van der Waals surface area (Å²) >= 11 is 1.71. The van der Waals surface area contributed by atoms with E-state index >= 15 is 0 Å². The fourth-order valence-corrected chi connectivity index (χ4v) is 3.25. The molecule has 1 unspecified atom stereocenters. The van der Waals surface area contributed by atoms with E-state index in [2.05, 4.69) is 32.4 Å². The van der Waals surface area contributed by atoms with Crippen LogP contribution in [0.25, 0.3) is 0 Å². The normalized spacial score (nSPS) is 13.1. The van der Waals surface area contributed by atoms with Gasteiger partial charge in [-0.15, -0.1) is 11.3 Å². The van der Waals surface area contributed by atoms with Crippen molar-refractivity contribution in [3.05, 3.63) is 51.7 Å². The summed E-state index contributed by atoms with van der Waals surface area (Å²) in [5, 5.41) is 7.67. The van der Waals surface area contributed by atoms with E-state index in [0.29, 0.717) is 13.1 Å². The van der Waals surface area contributed by atoms with Crippen LogP contribution >= 0.6 is 11.3 Å². The molecule has 2 N–H and O–H groups in total. The number of hydrogen-bond donors (Lipinski definition) is 2. The van der Waals surface area contributed by atoms with Crippen LogP contribution in [0.2, 0.25) is 0 Å². The lowest BCUT2D eigenvalue weighted by Crippen LogP contribution is -2.41. The first-order chi connectivity index (χ1) is 12.0. The minimum Gasteiger partial charge on any atom is -0.354 e. The maximum absolute atomic E-state index is 13.1. The average Bonchev–Trinajstić information content (AvgIpc) is 3.07. The fraction of sp³-hybridized carbons (Fsp3) is 0.444. The summed E-state index contributed by atoms with van der Waals surface area (Å²) in [5.41, 5.74) is 1.06. The second kappa shape index (κ2) is 9.48. The SMILES string of the molecule is CCc1cnc(CNC(=NC)NCC(c2ccc(F)cc2)N(C)C)s1. The molecule has 136 valence electrons. The molecule has 25 heavy (non-hydrogen) atoms. The number of aliphatic imine (C=N–C) groups is 1. The molecule has 0 bridgehead atoms. The number of hydrogen-bond acceptors (Lipinski definition) is 4. The zero-order chi connectivity index (χ0) is 18.2. The third kappa shape index (κ3) is 5.79. The lowest BCUT2D eigenvalue weighted by atomic mass is 10.1. The van der Waals surface area contributed by atoms with Crippen LogP contribution in [0.3, 0.4) is 0 Å². The van der Waals surface area contributed by atoms with Crippen molar-refractivity contribution < 1.29 is 4.39 Å². The average molecular weight is 364 g/mol. The van der Waals surface area contributed by atoms with Gasteiger partial charge in [0.2, 0.25) is 0 Å². The first-order valence-corrected chi connectivity index (χ1v) is 9.15. The Morgan fingerprint density at radius 3 is 2.56 bits per heavy atom. The lowest BCUT2D eigenvalue weighted by molar-refractivity contribution is 0.298. The van der Waals surface area contributed by atoms with Gasteiger partial charge in [-0.2, -0.15) is 0 Å². The highest BCUT2D eigenvalue weighted by Gasteiger charge is 2.15. The minimum atomic E-state index is -0.221. The monoisotopic (exact) mass is 363 g/mol. The molecule has 2 aromatic rings. The summed E-state index contributed by atoms with van der Waals surface area (Å²) in [5.74, 6) is 0.504. The van der Waals surface area contributed by atoms with Crippen LogP contribution in [0.15, 0.2) is 35.5 Å². The molecule has 0 amide bonds. The standard InChI is InChI=1S/C18H26FN5S/c1-5-15-10-21-17(25-15)12-23-18(20-2)22-11-16(24(3)4)13-6-8-14(19)9-7-13/h6-10,16H,5,11-12H2,1-4H3,(H2,20,22,23). The number of nitrogens with one attached hydrogen (secondary N) is 2. The van der Waals surface area contributed by atoms with Crippen LogP contribution in [0.5, 0.6) is 0 Å². The fourth-order valence-electron chi connectivity index (χ4n) is 2.45. The first-order valence-electron chi connectivity index (χ1n) is 8.33. The van der Waals surface area contributed by atoms with Gasteiger partial charge >= 0.3 is 0 Å². The van der Waals surface area contributed by atoms with E-state index in [0.717, 1.165) is 23.0 Å². The van der Waals surface area contributed by atoms with Crippen molar-refractivity contribution in [1.29, 1.82) is 0 Å². The molecule has 0 aliphatic rings. The molecule has 0 fully saturated rings. The van der Waals surface area contributed by atoms with Crippen molar-refractivity contribution in [3.8, 4) is 0 Å². The van der Waals surface area contributed by atoms with Crippen molar-refractivity contribution in [2.45, 2.75) is 25.9 Å². The van der Waals surface area contributed by atoms with Gasteiger partial charge in [0.15, 0.2) is 5.96 Å². The summed E-state index contributed by atoms with van der Waals surface area (Å²) in [6.07, 6.45) is 2.93. The maximum atomic E-state index is 13.1. The molecule has 0 radical (unpaired) electrons. The smallest absolute Gasteiger partial charge is 0.191 e. The summed E-state index contributed by atoms with van der Waals surface area (Å²) in [6, 6.07) is 6.74. The number of benzene rings is 1. The molecule has 0 saturated carbocycles. The van der Waals surface area contributed by atoms with Gasteiger partial charge in [0.05, 0.1) is 12.6 Å². The number of rotatable bonds is 7. The molecule has 2 rings (SSSR count). The van der Waals surface area contributed by atoms with E-state index in [1.165, 1.54) is 17.0 Å². The van der Waals surface area contributed by atoms with Crippen molar-refractivity contribution in [3.63, 3.8) is 0 Å². The van der Waals surface area contributed by atoms with Gasteiger partial charge < -0.3 is 15.5 Å². The van der Waals surface area contributed by atoms with Crippen LogP contribution in [-0.2, 0) is 13.0 Å². The first kappa shape index (κ1) is 19.3. The maximum Gasteiger partial charge on any atom is 0.191 e. The highest BCUT2D eigenvalue weighted by atomic mass is 32.1. The molecule has 1 heterocycles. The van der Waals surface area contributed by atoms with Crippen LogP contribution in [0, 0.1) is 5.82 Å². The highest BCUT2D eigenvalue weighted by Crippen LogP contribution is 2.17. The molecule has 1 atom stereocenters. The van der Waals surface area contributed by atoms with Crippen LogP contribution in [-0.4, -0.2) is 43.5 Å². The highest BCUT2D eigenvalue weighted by molar-refractivity contribution is 7.11. The van der Waals surface area contributed by atoms with Gasteiger partial charge in [0.1, 0.15) is 10.8 Å². The van der Waals surface area contributed by atoms with Crippen LogP contribution in [0.4, 0.5) is 4.39 Å². The molecule has 7 heteroatoms. The number of likely N-dealkylation sites (N-methyl/N-ethyl adjacent to an activating group) is 1. The molecule has 1 aromatic carbocycles. The van der Waals surface area contributed by atoms with E-state index in [9.17, 15) is 4.39 Å². The molecule has 0 saturated heterocycles. The molecular weight excluding hydrogens is 337 g/mol. The number of thiazole rings is 1. The largest absolute Gasteiger partial charge is 0.354 e. The van der Waals surface area contributed by atoms with E-state index < -0.39 is 0 Å². The van der Waals surface area contributed by atoms with Crippen LogP contribution < -0.4 is 10.6 Å². The molecule has 0 aliphatic carbocycles. The Labute approximate surface area is 153 Å². The Morgan fingerprint density at radius 1 is 1.28 bits per heavy atom. The summed E-state index contributed by atoms with van der Waals surface area (Å²) in [6.45, 7) is 3.44. The van der Waals surface area contributed by atoms with Gasteiger partial charge in [0.25, 0.3) is 0 Å². The third-order valence-electron chi connectivity index (χ3n) is 3.92. The molecule has 0 spiro atoms. The van der Waals surface area contributed by atoms with Crippen molar-refractivity contribution in [2.75, 3.05) is 27.7 Å². The third-order valence-corrected chi connectivity index (χ3v) is 5.06. The minimum absolute atomic E-state index is 0.116. The number of aromatic nitrogens is 1. The number of halogens is 1. The molecule has 0 aliphatic heterocycles. The number of guanidine groups is 1. The van der Waals surface area contributed by atoms with Crippen molar-refractivity contribution >= 4 is 17.3 Å². The lowest BCUT2D eigenvalue weighted by Gasteiger charge is -2.26. The van der Waals surface area contributed by atoms with Crippen LogP contribution in [0.1, 0.15) is 28.4 Å². The van der Waals surface area contributed by atoms with E-state index in [1.807, 2.05) is 32.4 Å². The Balaban J connectivity index is 1.92. The quantitative estimate of drug-likeness (QED) is 0.587. The topological polar surface area (TPSA) is 52.6 Å². The molecular formula is C18H26FN5S. The van der Waals surface area contributed by atoms with Gasteiger partial charge in [-0.3, -0.25) is 4.99 Å². The van der Waals surface area contributed by atoms with Gasteiger partial charge in [0, 0.05) is 24.7 Å². The predicted octanol–water partition coefficient (Wildman–Crippen LogP) is 2.81. The van der Waals surface area contributed by atoms with E-state index in [1.54, 1.807) is 18.4 Å². The predicted molar refractivity (Wildman–Crippen MR) is 103 cm³/mol. The van der Waals surface area contributed by atoms with Gasteiger partial charge in [-0.25, -0.2) is 9.37 Å². The Hall–Kier alpha value is -1.99. The Kier molecular flexibility index (Phi) is 7.33. The second-order valence-corrected chi connectivity index (χ2v) is 7.11. The van der Waals surface area contributed by atoms with Gasteiger partial charge in [-0.1, -0.05) is 19.1 Å². The van der Waals surface area contributed by atoms with E-state index in [-0.39, 0.29) is 11.9 Å². The second-order valence-electron chi connectivity index (χ2n) is 5.91. The summed E-state index contributed by atoms with van der Waals surface area (Å²) in [7, 11) is 5.76. The summed E-state index contributed by atoms with van der Waals surface area (Å²) in [4.78, 5) is 12.0. The Bertz CT molecular complexity index is 681. The number of aryl methyl sites for hydroxylation is 1. The van der Waals surface area contributed by atoms with Crippen molar-refractivity contribution in [2.24, 2.45) is 4.99 Å². The zero-order valence-corrected chi connectivity index (χ0v) is 16.0.